The Bertz CT molecular complexity index is 294. The van der Waals surface area contributed by atoms with E-state index >= 15 is 0 Å². The summed E-state index contributed by atoms with van der Waals surface area (Å²) in [5, 5.41) is 18.3. The summed E-state index contributed by atoms with van der Waals surface area (Å²) in [6, 6.07) is 8.34. The van der Waals surface area contributed by atoms with Crippen molar-refractivity contribution in [1.82, 2.24) is 0 Å². The van der Waals surface area contributed by atoms with Gasteiger partial charge in [-0.05, 0) is 37.6 Å². The number of hydrogen-bond acceptors (Lipinski definition) is 3. The first-order chi connectivity index (χ1) is 6.53. The molecule has 0 fully saturated rings. The summed E-state index contributed by atoms with van der Waals surface area (Å²) in [5.74, 6) is 0.676. The zero-order valence-electron chi connectivity index (χ0n) is 8.45. The lowest BCUT2D eigenvalue weighted by atomic mass is 10.1. The molecule has 0 aliphatic carbocycles. The summed E-state index contributed by atoms with van der Waals surface area (Å²) < 4.78 is 5.31. The van der Waals surface area contributed by atoms with Crippen LogP contribution >= 0.6 is 0 Å². The van der Waals surface area contributed by atoms with Crippen molar-refractivity contribution in [1.29, 1.82) is 0 Å². The van der Waals surface area contributed by atoms with Crippen LogP contribution in [0.2, 0.25) is 0 Å². The molecule has 77 valence electrons. The van der Waals surface area contributed by atoms with Crippen LogP contribution in [0.15, 0.2) is 18.2 Å². The highest BCUT2D eigenvalue weighted by Gasteiger charge is 2.19. The molecule has 0 spiro atoms. The van der Waals surface area contributed by atoms with E-state index in [1.54, 1.807) is 12.1 Å². The van der Waals surface area contributed by atoms with Gasteiger partial charge in [0.05, 0.1) is 6.61 Å². The zero-order chi connectivity index (χ0) is 10.6. The zero-order valence-corrected chi connectivity index (χ0v) is 8.45. The van der Waals surface area contributed by atoms with Gasteiger partial charge >= 0.3 is 0 Å². The molecule has 3 nitrogen and oxygen atoms in total. The van der Waals surface area contributed by atoms with E-state index in [0.29, 0.717) is 5.75 Å². The van der Waals surface area contributed by atoms with Crippen LogP contribution in [0.5, 0.6) is 5.75 Å². The monoisotopic (exact) mass is 195 g/mol. The van der Waals surface area contributed by atoms with Gasteiger partial charge in [0.25, 0.3) is 0 Å². The molecule has 1 unspecified atom stereocenters. The largest absolute Gasteiger partial charge is 0.491 e. The summed E-state index contributed by atoms with van der Waals surface area (Å²) in [4.78, 5) is 0. The fourth-order valence-electron chi connectivity index (χ4n) is 0.933. The Kier molecular flexibility index (Phi) is 3.49. The molecule has 0 bridgehead atoms. The first-order valence-electron chi connectivity index (χ1n) is 4.48. The lowest BCUT2D eigenvalue weighted by Crippen LogP contribution is -2.36. The average Bonchev–Trinajstić information content (AvgIpc) is 2.15. The summed E-state index contributed by atoms with van der Waals surface area (Å²) in [5.41, 5.74) is -0.209. The molecule has 1 rings (SSSR count). The van der Waals surface area contributed by atoms with Gasteiger partial charge in [-0.3, -0.25) is 0 Å². The Morgan fingerprint density at radius 1 is 1.57 bits per heavy atom. The van der Waals surface area contributed by atoms with Gasteiger partial charge in [-0.1, -0.05) is 6.07 Å². The molecule has 0 aromatic heterocycles. The molecule has 1 aromatic rings. The lowest BCUT2D eigenvalue weighted by Gasteiger charge is -2.20. The summed E-state index contributed by atoms with van der Waals surface area (Å²) in [6.45, 7) is 3.20. The van der Waals surface area contributed by atoms with E-state index in [2.05, 4.69) is 6.07 Å². The molecular formula is C11H15O3. The van der Waals surface area contributed by atoms with Crippen molar-refractivity contribution < 1.29 is 14.9 Å². The molecule has 0 aliphatic heterocycles. The maximum atomic E-state index is 9.47. The topological polar surface area (TPSA) is 49.7 Å². The van der Waals surface area contributed by atoms with Crippen molar-refractivity contribution in [2.45, 2.75) is 19.4 Å². The van der Waals surface area contributed by atoms with Crippen LogP contribution in [-0.2, 0) is 0 Å². The number of ether oxygens (including phenoxy) is 1. The molecule has 0 aliphatic rings. The fourth-order valence-corrected chi connectivity index (χ4v) is 0.933. The molecule has 1 radical (unpaired) electrons. The van der Waals surface area contributed by atoms with E-state index < -0.39 is 5.60 Å². The first-order valence-corrected chi connectivity index (χ1v) is 4.48. The molecule has 0 heterocycles. The molecule has 14 heavy (non-hydrogen) atoms. The van der Waals surface area contributed by atoms with E-state index in [9.17, 15) is 5.11 Å². The minimum absolute atomic E-state index is 0.0763. The SMILES string of the molecule is Cc1[c]ccc(OCC(C)(O)CO)c1. The third-order valence-electron chi connectivity index (χ3n) is 1.81. The number of rotatable bonds is 4. The minimum atomic E-state index is -1.19. The molecule has 0 saturated carbocycles. The molecule has 2 N–H and O–H groups in total. The number of benzene rings is 1. The number of aliphatic hydroxyl groups excluding tert-OH is 1. The normalized spacial score (nSPS) is 14.9. The van der Waals surface area contributed by atoms with Crippen LogP contribution in [0.25, 0.3) is 0 Å². The van der Waals surface area contributed by atoms with Gasteiger partial charge in [0, 0.05) is 0 Å². The smallest absolute Gasteiger partial charge is 0.119 e. The van der Waals surface area contributed by atoms with E-state index in [4.69, 9.17) is 9.84 Å². The second kappa shape index (κ2) is 4.44. The van der Waals surface area contributed by atoms with Crippen molar-refractivity contribution in [3.05, 3.63) is 29.8 Å². The molecule has 0 saturated heterocycles. The molecule has 1 atom stereocenters. The Morgan fingerprint density at radius 3 is 2.86 bits per heavy atom. The summed E-state index contributed by atoms with van der Waals surface area (Å²) >= 11 is 0. The van der Waals surface area contributed by atoms with E-state index in [1.165, 1.54) is 6.92 Å². The molecular weight excluding hydrogens is 180 g/mol. The van der Waals surface area contributed by atoms with Crippen LogP contribution in [-0.4, -0.2) is 29.0 Å². The minimum Gasteiger partial charge on any atom is -0.491 e. The highest BCUT2D eigenvalue weighted by molar-refractivity contribution is 5.26. The van der Waals surface area contributed by atoms with E-state index in [0.717, 1.165) is 5.56 Å². The summed E-state index contributed by atoms with van der Waals surface area (Å²) in [6.07, 6.45) is 0. The van der Waals surface area contributed by atoms with Crippen molar-refractivity contribution in [2.75, 3.05) is 13.2 Å². The highest BCUT2D eigenvalue weighted by atomic mass is 16.5. The van der Waals surface area contributed by atoms with Crippen molar-refractivity contribution in [2.24, 2.45) is 0 Å². The van der Waals surface area contributed by atoms with Crippen molar-refractivity contribution in [3.63, 3.8) is 0 Å². The number of hydrogen-bond donors (Lipinski definition) is 2. The third kappa shape index (κ3) is 3.36. The van der Waals surface area contributed by atoms with Gasteiger partial charge in [-0.25, -0.2) is 0 Å². The standard InChI is InChI=1S/C11H15O3/c1-9-4-3-5-10(6-9)14-8-11(2,13)7-12/h3,5-6,12-13H,7-8H2,1-2H3. The molecule has 1 aromatic carbocycles. The van der Waals surface area contributed by atoms with Gasteiger partial charge in [0.1, 0.15) is 18.0 Å². The molecule has 3 heteroatoms. The molecule has 0 amide bonds. The average molecular weight is 195 g/mol. The van der Waals surface area contributed by atoms with Gasteiger partial charge < -0.3 is 14.9 Å². The summed E-state index contributed by atoms with van der Waals surface area (Å²) in [7, 11) is 0. The fraction of sp³-hybridized carbons (Fsp3) is 0.455. The van der Waals surface area contributed by atoms with Gasteiger partial charge in [-0.2, -0.15) is 0 Å². The maximum absolute atomic E-state index is 9.47. The number of aryl methyl sites for hydroxylation is 1. The van der Waals surface area contributed by atoms with Crippen molar-refractivity contribution >= 4 is 0 Å². The second-order valence-corrected chi connectivity index (χ2v) is 3.65. The predicted molar refractivity (Wildman–Crippen MR) is 53.2 cm³/mol. The van der Waals surface area contributed by atoms with Crippen LogP contribution in [0, 0.1) is 13.0 Å². The highest BCUT2D eigenvalue weighted by Crippen LogP contribution is 2.14. The van der Waals surface area contributed by atoms with Crippen LogP contribution in [0.1, 0.15) is 12.5 Å². The van der Waals surface area contributed by atoms with Gasteiger partial charge in [0.2, 0.25) is 0 Å². The lowest BCUT2D eigenvalue weighted by molar-refractivity contribution is -0.0325. The van der Waals surface area contributed by atoms with Crippen LogP contribution in [0.3, 0.4) is 0 Å². The Labute approximate surface area is 84.0 Å². The van der Waals surface area contributed by atoms with Gasteiger partial charge in [-0.15, -0.1) is 0 Å². The second-order valence-electron chi connectivity index (χ2n) is 3.65. The number of aliphatic hydroxyl groups is 2. The van der Waals surface area contributed by atoms with E-state index in [-0.39, 0.29) is 13.2 Å². The van der Waals surface area contributed by atoms with Crippen molar-refractivity contribution in [3.8, 4) is 5.75 Å². The van der Waals surface area contributed by atoms with Crippen LogP contribution in [0.4, 0.5) is 0 Å². The maximum Gasteiger partial charge on any atom is 0.119 e. The third-order valence-corrected chi connectivity index (χ3v) is 1.81. The Hall–Kier alpha value is -1.06. The van der Waals surface area contributed by atoms with Gasteiger partial charge in [0.15, 0.2) is 0 Å². The Morgan fingerprint density at radius 2 is 2.29 bits per heavy atom. The Balaban J connectivity index is 2.54. The first kappa shape index (κ1) is 11.0. The van der Waals surface area contributed by atoms with Crippen LogP contribution < -0.4 is 4.74 Å². The van der Waals surface area contributed by atoms with E-state index in [1.807, 2.05) is 13.0 Å². The quantitative estimate of drug-likeness (QED) is 0.751. The predicted octanol–water partition coefficient (Wildman–Crippen LogP) is 0.917.